The van der Waals surface area contributed by atoms with E-state index in [2.05, 4.69) is 62.8 Å². The van der Waals surface area contributed by atoms with Crippen LogP contribution in [0.2, 0.25) is 0 Å². The maximum absolute atomic E-state index is 15.7. The predicted molar refractivity (Wildman–Crippen MR) is 283 cm³/mol. The summed E-state index contributed by atoms with van der Waals surface area (Å²) in [5.41, 5.74) is 12.0. The molecule has 0 aliphatic carbocycles. The maximum atomic E-state index is 15.7. The molecule has 5 heterocycles. The zero-order valence-corrected chi connectivity index (χ0v) is 47.4. The molecule has 16 heteroatoms. The second-order valence-corrected chi connectivity index (χ2v) is 19.0. The molecule has 0 saturated carbocycles. The van der Waals surface area contributed by atoms with Crippen LogP contribution in [0.3, 0.4) is 0 Å². The van der Waals surface area contributed by atoms with Crippen LogP contribution in [0.15, 0.2) is 77.4 Å². The van der Waals surface area contributed by atoms with E-state index in [0.29, 0.717) is 63.5 Å². The molecular weight excluding hydrogens is 940 g/mol. The van der Waals surface area contributed by atoms with E-state index in [4.69, 9.17) is 5.73 Å². The van der Waals surface area contributed by atoms with E-state index >= 15 is 8.78 Å². The number of primary amides is 1. The van der Waals surface area contributed by atoms with Crippen molar-refractivity contribution in [3.05, 3.63) is 135 Å². The van der Waals surface area contributed by atoms with Crippen LogP contribution in [0.25, 0.3) is 17.3 Å². The number of carbonyl (C=O) groups excluding carboxylic acids is 3. The molecule has 7 rings (SSSR count). The number of piperidine rings is 1. The van der Waals surface area contributed by atoms with Gasteiger partial charge in [0.15, 0.2) is 0 Å². The molecule has 0 unspecified atom stereocenters. The second-order valence-electron chi connectivity index (χ2n) is 19.0. The number of halogens is 2. The molecule has 0 radical (unpaired) electrons. The van der Waals surface area contributed by atoms with Gasteiger partial charge in [0.25, 0.3) is 11.5 Å². The van der Waals surface area contributed by atoms with E-state index in [1.165, 1.54) is 17.7 Å². The Bertz CT molecular complexity index is 2580. The zero-order valence-electron chi connectivity index (χ0n) is 44.2. The topological polar surface area (TPSA) is 158 Å². The molecule has 0 bridgehead atoms. The number of nitrogens with zero attached hydrogens (tertiary/aromatic N) is 5. The van der Waals surface area contributed by atoms with Crippen molar-refractivity contribution in [2.75, 3.05) is 76.6 Å². The van der Waals surface area contributed by atoms with Crippen LogP contribution in [0.1, 0.15) is 118 Å². The number of hydrogen-bond donors (Lipinski definition) is 4. The van der Waals surface area contributed by atoms with E-state index in [1.54, 1.807) is 35.0 Å². The zero-order chi connectivity index (χ0) is 51.8. The fourth-order valence-electron chi connectivity index (χ4n) is 9.32. The number of fused-ring (bicyclic) bond motifs is 1. The van der Waals surface area contributed by atoms with Gasteiger partial charge in [-0.25, -0.2) is 8.78 Å². The number of anilines is 2. The van der Waals surface area contributed by atoms with E-state index in [0.717, 1.165) is 91.4 Å². The van der Waals surface area contributed by atoms with Gasteiger partial charge in [-0.05, 0) is 126 Å². The maximum Gasteiger partial charge on any atom is 1.00 e. The third kappa shape index (κ3) is 16.1. The van der Waals surface area contributed by atoms with Gasteiger partial charge < -0.3 is 33.5 Å². The van der Waals surface area contributed by atoms with Gasteiger partial charge in [0.1, 0.15) is 11.6 Å². The fraction of sp³-hybridized carbons (Fsp3) is 0.464. The Morgan fingerprint density at radius 1 is 1.03 bits per heavy atom. The Morgan fingerprint density at radius 2 is 1.74 bits per heavy atom. The number of aromatic nitrogens is 2. The van der Waals surface area contributed by atoms with Crippen molar-refractivity contribution in [1.82, 2.24) is 29.6 Å². The van der Waals surface area contributed by atoms with Crippen LogP contribution >= 0.6 is 0 Å². The summed E-state index contributed by atoms with van der Waals surface area (Å²) >= 11 is 0. The molecule has 5 N–H and O–H groups in total. The summed E-state index contributed by atoms with van der Waals surface area (Å²) in [7, 11) is 1.77. The number of amides is 3. The summed E-state index contributed by atoms with van der Waals surface area (Å²) in [6.07, 6.45) is 11.5. The van der Waals surface area contributed by atoms with Crippen molar-refractivity contribution in [2.45, 2.75) is 99.0 Å². The third-order valence-corrected chi connectivity index (χ3v) is 13.3. The van der Waals surface area contributed by atoms with Gasteiger partial charge in [0.2, 0.25) is 11.8 Å². The fourth-order valence-corrected chi connectivity index (χ4v) is 9.32. The minimum absolute atomic E-state index is 0. The molecule has 4 aromatic rings. The number of carbonyl (C=O) groups is 3. The van der Waals surface area contributed by atoms with Crippen molar-refractivity contribution in [2.24, 2.45) is 11.7 Å². The van der Waals surface area contributed by atoms with E-state index in [9.17, 15) is 19.2 Å². The predicted octanol–water partition coefficient (Wildman–Crippen LogP) is 5.75. The summed E-state index contributed by atoms with van der Waals surface area (Å²) in [4.78, 5) is 59.5. The van der Waals surface area contributed by atoms with Crippen molar-refractivity contribution >= 4 is 40.7 Å². The Hall–Kier alpha value is -4.39. The number of nitrogens with one attached hydrogen (secondary N) is 3. The molecule has 0 atom stereocenters. The van der Waals surface area contributed by atoms with Crippen LogP contribution in [-0.4, -0.2) is 108 Å². The number of pyridine rings is 2. The molecule has 3 amide bonds. The number of hydrogen-bond acceptors (Lipinski definition) is 9. The van der Waals surface area contributed by atoms with Crippen LogP contribution in [0, 0.1) is 31.4 Å². The van der Waals surface area contributed by atoms with E-state index < -0.39 is 17.0 Å². The van der Waals surface area contributed by atoms with Crippen LogP contribution < -0.4 is 78.6 Å². The molecule has 0 spiro atoms. The minimum Gasteiger partial charge on any atom is -0.388 e. The van der Waals surface area contributed by atoms with Gasteiger partial charge in [0.05, 0.1) is 11.1 Å². The smallest absolute Gasteiger partial charge is 0.388 e. The molecule has 2 aromatic heterocycles. The first-order chi connectivity index (χ1) is 34.0. The first-order valence-corrected chi connectivity index (χ1v) is 25.2. The standard InChI is InChI=1S/C50H62F2N8O3.C4H8NO.C2H6.K/c1-7-18-57(32-36-8-9-44-41(26-36)50(4,5)49(63)56-44)24-17-54-30-35-11-21-59(22-12-35)48(62)38-27-42(51)47(43(52)28-38)37-13-19-58(20-14-37)31-33(2)25-40-34(3)55-16-10-45(40)60-23-15-39(53-6)29-46(60)61;1-2-3-4(5)6;1-2;/h8-10,13,15-16,23,25-29,35,53-54H,7,11-12,14,17-22,24,30-32H2,1-6H3,(H,56,63);1-3H2,(H2,5,6);1-2H3;/q;-1;;+1/b33-25+;;;. The summed E-state index contributed by atoms with van der Waals surface area (Å²) in [6, 6.07) is 13.9. The average Bonchev–Trinajstić information content (AvgIpc) is 3.57. The van der Waals surface area contributed by atoms with Crippen molar-refractivity contribution in [1.29, 1.82) is 0 Å². The molecule has 1 fully saturated rings. The van der Waals surface area contributed by atoms with E-state index in [-0.39, 0.29) is 85.8 Å². The van der Waals surface area contributed by atoms with Gasteiger partial charge in [0, 0.05) is 112 Å². The van der Waals surface area contributed by atoms with Gasteiger partial charge in [-0.15, -0.1) is 0 Å². The Labute approximate surface area is 468 Å². The number of benzene rings is 2. The molecule has 3 aliphatic rings. The molecule has 1 saturated heterocycles. The molecule has 384 valence electrons. The summed E-state index contributed by atoms with van der Waals surface area (Å²) in [6.45, 7) is 24.7. The largest absolute Gasteiger partial charge is 1.00 e. The van der Waals surface area contributed by atoms with Gasteiger partial charge >= 0.3 is 51.4 Å². The first-order valence-electron chi connectivity index (χ1n) is 25.2. The van der Waals surface area contributed by atoms with Crippen molar-refractivity contribution in [3.8, 4) is 5.69 Å². The van der Waals surface area contributed by atoms with Gasteiger partial charge in [-0.2, -0.15) is 6.42 Å². The number of aryl methyl sites for hydroxylation is 1. The molecule has 2 aromatic carbocycles. The van der Waals surface area contributed by atoms with E-state index in [1.807, 2.05) is 65.8 Å². The molecule has 72 heavy (non-hydrogen) atoms. The first kappa shape index (κ1) is 60.2. The van der Waals surface area contributed by atoms with Crippen LogP contribution in [0.4, 0.5) is 20.2 Å². The monoisotopic (exact) mass is 1020 g/mol. The second kappa shape index (κ2) is 28.9. The number of likely N-dealkylation sites (tertiary alicyclic amines) is 1. The Morgan fingerprint density at radius 3 is 2.33 bits per heavy atom. The number of rotatable bonds is 18. The Balaban J connectivity index is 0.00000116. The van der Waals surface area contributed by atoms with Crippen molar-refractivity contribution < 1.29 is 74.5 Å². The van der Waals surface area contributed by atoms with Crippen molar-refractivity contribution in [3.63, 3.8) is 0 Å². The summed E-state index contributed by atoms with van der Waals surface area (Å²) < 4.78 is 33.0. The molecule has 3 aliphatic heterocycles. The van der Waals surface area contributed by atoms with Gasteiger partial charge in [-0.1, -0.05) is 50.6 Å². The minimum atomic E-state index is -0.713. The molecular formula is C56H76F2KN9O4. The van der Waals surface area contributed by atoms with Crippen LogP contribution in [0.5, 0.6) is 0 Å². The van der Waals surface area contributed by atoms with Crippen LogP contribution in [-0.2, 0) is 21.5 Å². The SMILES string of the molecule is CC.CCCN(CCNCC1CCN(C(=O)c2cc(F)c(C3=CCN(C/C(C)=C/c4c(-n5ccc(NC)cc5=O)ccnc4C)CC3)c(F)c2)CC1)Cc1ccc2c(c1)C(C)(C)C(=O)N2.[CH2-]CCC(N)=O.[K+]. The summed E-state index contributed by atoms with van der Waals surface area (Å²) in [5, 5.41) is 9.62. The quantitative estimate of drug-likeness (QED) is 0.0554. The van der Waals surface area contributed by atoms with Gasteiger partial charge in [-0.3, -0.25) is 38.5 Å². The average molecular weight is 1020 g/mol. The Kier molecular flexibility index (Phi) is 24.1. The normalized spacial score (nSPS) is 15.6. The number of nitrogens with two attached hydrogens (primary N) is 1. The third-order valence-electron chi connectivity index (χ3n) is 13.3. The molecule has 13 nitrogen and oxygen atoms in total. The summed E-state index contributed by atoms with van der Waals surface area (Å²) in [5.74, 6) is -1.59.